The van der Waals surface area contributed by atoms with Crippen molar-refractivity contribution in [2.45, 2.75) is 52.2 Å². The number of alkyl halides is 6. The molecule has 1 N–H and O–H groups in total. The van der Waals surface area contributed by atoms with Gasteiger partial charge in [0.05, 0.1) is 28.3 Å². The second kappa shape index (κ2) is 13.7. The van der Waals surface area contributed by atoms with Crippen molar-refractivity contribution in [3.8, 4) is 0 Å². The number of hydrogen-bond donors (Lipinski definition) is 1. The first-order valence-electron chi connectivity index (χ1n) is 13.5. The fraction of sp³-hybridized carbons (Fsp3) is 0.552. The first-order chi connectivity index (χ1) is 19.8. The van der Waals surface area contributed by atoms with Crippen LogP contribution >= 0.6 is 15.9 Å². The number of methoxy groups -OCH3 is 1. The zero-order chi connectivity index (χ0) is 32.3. The summed E-state index contributed by atoms with van der Waals surface area (Å²) >= 11 is 3.14. The van der Waals surface area contributed by atoms with Gasteiger partial charge in [-0.2, -0.15) is 26.3 Å². The number of aromatic nitrogens is 1. The second-order valence-electron chi connectivity index (χ2n) is 11.4. The lowest BCUT2D eigenvalue weighted by atomic mass is 9.85. The predicted octanol–water partition coefficient (Wildman–Crippen LogP) is 6.81. The molecule has 2 heterocycles. The molecule has 1 saturated heterocycles. The van der Waals surface area contributed by atoms with E-state index in [-0.39, 0.29) is 47.5 Å². The fourth-order valence-corrected chi connectivity index (χ4v) is 5.21. The van der Waals surface area contributed by atoms with Gasteiger partial charge >= 0.3 is 12.4 Å². The number of aliphatic imine (C=N–C) groups is 1. The molecule has 1 aliphatic rings. The SMILES string of the molecule is C=C(/C=N\C(=C\c1c(CC(C)(C)CO)c2cc(Br)c(F)cc2n1CC(F)(F)F)[C@H](C)OC)N1CCN(CC(F)(F)F)CC1. The third-order valence-corrected chi connectivity index (χ3v) is 7.88. The van der Waals surface area contributed by atoms with Gasteiger partial charge in [0.15, 0.2) is 0 Å². The number of benzene rings is 1. The minimum atomic E-state index is -4.64. The van der Waals surface area contributed by atoms with Crippen LogP contribution < -0.4 is 0 Å². The second-order valence-corrected chi connectivity index (χ2v) is 12.3. The Labute approximate surface area is 254 Å². The summed E-state index contributed by atoms with van der Waals surface area (Å²) in [6, 6.07) is 2.47. The van der Waals surface area contributed by atoms with E-state index in [1.807, 2.05) is 0 Å². The molecule has 240 valence electrons. The van der Waals surface area contributed by atoms with Crippen LogP contribution in [0.5, 0.6) is 0 Å². The van der Waals surface area contributed by atoms with E-state index in [4.69, 9.17) is 4.74 Å². The molecule has 1 fully saturated rings. The summed E-state index contributed by atoms with van der Waals surface area (Å²) in [6.45, 7) is 7.46. The largest absolute Gasteiger partial charge is 0.406 e. The standard InChI is InChI=1S/C29H36BrF7N4O2/c1-18(40-8-6-39(7-9-40)15-28(32,33)34)14-38-24(19(2)43-5)12-26-21(13-27(3,4)17-42)20-10-22(30)23(31)11-25(20)41(26)16-29(35,36)37/h10-12,14,19,42H,1,6-9,13,15-17H2,2-5H3/b24-12+,38-14-/t19-/m0/s1. The van der Waals surface area contributed by atoms with Gasteiger partial charge in [0, 0.05) is 62.9 Å². The number of rotatable bonds is 11. The number of allylic oxidation sites excluding steroid dienone is 1. The number of nitrogens with zero attached hydrogens (tertiary/aromatic N) is 4. The predicted molar refractivity (Wildman–Crippen MR) is 156 cm³/mol. The van der Waals surface area contributed by atoms with Crippen molar-refractivity contribution >= 4 is 39.1 Å². The Balaban J connectivity index is 2.09. The third kappa shape index (κ3) is 9.53. The Hall–Kier alpha value is -2.42. The maximum Gasteiger partial charge on any atom is 0.406 e. The van der Waals surface area contributed by atoms with Gasteiger partial charge in [-0.15, -0.1) is 0 Å². The summed E-state index contributed by atoms with van der Waals surface area (Å²) in [5, 5.41) is 10.4. The molecule has 0 bridgehead atoms. The summed E-state index contributed by atoms with van der Waals surface area (Å²) < 4.78 is 101. The van der Waals surface area contributed by atoms with Crippen molar-refractivity contribution in [1.82, 2.24) is 14.4 Å². The van der Waals surface area contributed by atoms with E-state index in [9.17, 15) is 35.8 Å². The number of halogens is 8. The maximum absolute atomic E-state index is 14.6. The Bertz CT molecular complexity index is 1360. The Morgan fingerprint density at radius 1 is 1.09 bits per heavy atom. The van der Waals surface area contributed by atoms with Gasteiger partial charge in [0.25, 0.3) is 0 Å². The summed E-state index contributed by atoms with van der Waals surface area (Å²) in [5.41, 5.74) is 0.572. The van der Waals surface area contributed by atoms with Crippen molar-refractivity contribution in [3.63, 3.8) is 0 Å². The molecule has 14 heteroatoms. The molecule has 3 rings (SSSR count). The number of ether oxygens (including phenoxy) is 1. The monoisotopic (exact) mass is 684 g/mol. The summed E-state index contributed by atoms with van der Waals surface area (Å²) in [7, 11) is 1.41. The van der Waals surface area contributed by atoms with E-state index in [1.54, 1.807) is 25.7 Å². The zero-order valence-electron chi connectivity index (χ0n) is 24.4. The fourth-order valence-electron chi connectivity index (χ4n) is 4.86. The molecule has 0 amide bonds. The van der Waals surface area contributed by atoms with Crippen LogP contribution in [0.1, 0.15) is 32.0 Å². The smallest absolute Gasteiger partial charge is 0.396 e. The first-order valence-corrected chi connectivity index (χ1v) is 14.3. The molecule has 1 atom stereocenters. The number of hydrogen-bond acceptors (Lipinski definition) is 5. The quantitative estimate of drug-likeness (QED) is 0.209. The highest BCUT2D eigenvalue weighted by Crippen LogP contribution is 2.38. The summed E-state index contributed by atoms with van der Waals surface area (Å²) in [4.78, 5) is 7.57. The highest BCUT2D eigenvalue weighted by molar-refractivity contribution is 9.10. The van der Waals surface area contributed by atoms with E-state index in [0.29, 0.717) is 29.7 Å². The molecule has 0 radical (unpaired) electrons. The molecule has 1 aromatic carbocycles. The third-order valence-electron chi connectivity index (χ3n) is 7.27. The Morgan fingerprint density at radius 2 is 1.70 bits per heavy atom. The highest BCUT2D eigenvalue weighted by Gasteiger charge is 2.34. The normalized spacial score (nSPS) is 17.0. The van der Waals surface area contributed by atoms with Crippen LogP contribution in [0.3, 0.4) is 0 Å². The summed E-state index contributed by atoms with van der Waals surface area (Å²) in [5.74, 6) is -0.730. The maximum atomic E-state index is 14.6. The van der Waals surface area contributed by atoms with Crippen LogP contribution in [0, 0.1) is 11.2 Å². The Morgan fingerprint density at radius 3 is 2.23 bits per heavy atom. The van der Waals surface area contributed by atoms with Gasteiger partial charge in [0.2, 0.25) is 0 Å². The minimum absolute atomic E-state index is 0.0301. The number of aliphatic hydroxyl groups is 1. The molecule has 0 spiro atoms. The van der Waals surface area contributed by atoms with Crippen LogP contribution in [0.25, 0.3) is 17.0 Å². The molecule has 0 saturated carbocycles. The topological polar surface area (TPSA) is 53.2 Å². The number of aliphatic hydroxyl groups excluding tert-OH is 1. The van der Waals surface area contributed by atoms with E-state index in [2.05, 4.69) is 27.5 Å². The number of piperazine rings is 1. The molecule has 2 aromatic rings. The zero-order valence-corrected chi connectivity index (χ0v) is 26.0. The van der Waals surface area contributed by atoms with Gasteiger partial charge in [-0.3, -0.25) is 9.89 Å². The molecule has 1 aliphatic heterocycles. The van der Waals surface area contributed by atoms with Crippen LogP contribution in [0.4, 0.5) is 30.7 Å². The molecular weight excluding hydrogens is 649 g/mol. The van der Waals surface area contributed by atoms with Crippen LogP contribution in [0.15, 0.2) is 39.6 Å². The molecule has 6 nitrogen and oxygen atoms in total. The number of fused-ring (bicyclic) bond motifs is 1. The van der Waals surface area contributed by atoms with E-state index in [0.717, 1.165) is 10.6 Å². The van der Waals surface area contributed by atoms with Gasteiger partial charge in [0.1, 0.15) is 12.4 Å². The van der Waals surface area contributed by atoms with Crippen molar-refractivity contribution in [3.05, 3.63) is 51.7 Å². The average molecular weight is 686 g/mol. The molecule has 0 aliphatic carbocycles. The summed E-state index contributed by atoms with van der Waals surface area (Å²) in [6.07, 6.45) is -6.58. The minimum Gasteiger partial charge on any atom is -0.396 e. The van der Waals surface area contributed by atoms with Crippen molar-refractivity contribution < 1.29 is 40.6 Å². The van der Waals surface area contributed by atoms with Gasteiger partial charge < -0.3 is 19.3 Å². The van der Waals surface area contributed by atoms with E-state index in [1.165, 1.54) is 30.4 Å². The first kappa shape index (κ1) is 35.1. The lowest BCUT2D eigenvalue weighted by Crippen LogP contribution is -2.48. The van der Waals surface area contributed by atoms with Crippen molar-refractivity contribution in [2.75, 3.05) is 46.4 Å². The highest BCUT2D eigenvalue weighted by atomic mass is 79.9. The van der Waals surface area contributed by atoms with Gasteiger partial charge in [-0.1, -0.05) is 20.4 Å². The molecule has 0 unspecified atom stereocenters. The van der Waals surface area contributed by atoms with Gasteiger partial charge in [-0.05, 0) is 58.5 Å². The van der Waals surface area contributed by atoms with Crippen LogP contribution in [0.2, 0.25) is 0 Å². The van der Waals surface area contributed by atoms with Crippen molar-refractivity contribution in [2.24, 2.45) is 10.4 Å². The molecule has 43 heavy (non-hydrogen) atoms. The Kier molecular flexibility index (Phi) is 11.2. The van der Waals surface area contributed by atoms with Gasteiger partial charge in [-0.25, -0.2) is 4.39 Å². The van der Waals surface area contributed by atoms with Crippen molar-refractivity contribution in [1.29, 1.82) is 0 Å². The molecular formula is C29H36BrF7N4O2. The molecule has 1 aromatic heterocycles. The van der Waals surface area contributed by atoms with E-state index >= 15 is 0 Å². The lowest BCUT2D eigenvalue weighted by Gasteiger charge is -2.36. The van der Waals surface area contributed by atoms with Crippen LogP contribution in [-0.2, 0) is 17.7 Å². The average Bonchev–Trinajstić information content (AvgIpc) is 3.14. The van der Waals surface area contributed by atoms with Crippen LogP contribution in [-0.4, -0.2) is 90.6 Å². The lowest BCUT2D eigenvalue weighted by molar-refractivity contribution is -0.148. The van der Waals surface area contributed by atoms with E-state index < -0.39 is 42.8 Å².